The zero-order chi connectivity index (χ0) is 29.9. The van der Waals surface area contributed by atoms with Crippen molar-refractivity contribution in [1.29, 1.82) is 0 Å². The van der Waals surface area contributed by atoms with Crippen LogP contribution in [0.1, 0.15) is 72.1 Å². The van der Waals surface area contributed by atoms with Gasteiger partial charge >= 0.3 is 5.97 Å². The summed E-state index contributed by atoms with van der Waals surface area (Å²) in [5, 5.41) is 10.9. The van der Waals surface area contributed by atoms with Gasteiger partial charge in [0.15, 0.2) is 0 Å². The van der Waals surface area contributed by atoms with Crippen molar-refractivity contribution < 1.29 is 19.1 Å². The van der Waals surface area contributed by atoms with Crippen molar-refractivity contribution in [3.63, 3.8) is 0 Å². The number of halogens is 2. The van der Waals surface area contributed by atoms with E-state index in [1.807, 2.05) is 24.3 Å². The van der Waals surface area contributed by atoms with Crippen molar-refractivity contribution in [2.45, 2.75) is 77.5 Å². The van der Waals surface area contributed by atoms with Crippen LogP contribution in [-0.2, 0) is 6.61 Å². The lowest BCUT2D eigenvalue weighted by Gasteiger charge is -2.46. The number of hydrogen-bond acceptors (Lipinski definition) is 6. The smallest absolute Gasteiger partial charge is 0.352 e. The number of nitrogens with two attached hydrogens (primary N) is 1. The molecule has 0 bridgehead atoms. The van der Waals surface area contributed by atoms with Crippen molar-refractivity contribution in [3.8, 4) is 5.75 Å². The highest BCUT2D eigenvalue weighted by atomic mass is 35.5. The van der Waals surface area contributed by atoms with E-state index in [1.165, 1.54) is 88.8 Å². The number of nitrogens with zero attached hydrogens (tertiary/aromatic N) is 2. The van der Waals surface area contributed by atoms with E-state index in [0.717, 1.165) is 39.4 Å². The number of piperidine rings is 3. The lowest BCUT2D eigenvalue weighted by atomic mass is 9.83. The maximum atomic E-state index is 11.1. The number of fused-ring (bicyclic) bond motifs is 3. The highest BCUT2D eigenvalue weighted by molar-refractivity contribution is 5.96. The molecule has 3 aliphatic heterocycles. The Hall–Kier alpha value is -2.75. The molecular weight excluding hydrogens is 611 g/mol. The van der Waals surface area contributed by atoms with Gasteiger partial charge in [0.05, 0.1) is 6.26 Å². The lowest BCUT2D eigenvalue weighted by Crippen LogP contribution is -2.52. The third-order valence-corrected chi connectivity index (χ3v) is 9.86. The number of nitrogens with one attached hydrogen (secondary N) is 1. The Bertz CT molecular complexity index is 1560. The molecule has 2 atom stereocenters. The minimum atomic E-state index is -0.992. The summed E-state index contributed by atoms with van der Waals surface area (Å²) in [6.45, 7) is 11.0. The van der Waals surface area contributed by atoms with E-state index in [9.17, 15) is 4.79 Å². The molecule has 0 radical (unpaired) electrons. The molecule has 4 N–H and O–H groups in total. The molecule has 0 aliphatic carbocycles. The number of benzene rings is 2. The van der Waals surface area contributed by atoms with Crippen LogP contribution in [0.5, 0.6) is 5.75 Å². The first kappa shape index (κ1) is 35.1. The Balaban J connectivity index is 0.000000206. The van der Waals surface area contributed by atoms with Crippen LogP contribution >= 0.6 is 24.8 Å². The summed E-state index contributed by atoms with van der Waals surface area (Å²) in [5.41, 5.74) is 11.1. The number of carbonyl (C=O) groups is 1. The molecule has 246 valence electrons. The normalized spacial score (nSPS) is 20.9. The summed E-state index contributed by atoms with van der Waals surface area (Å²) < 4.78 is 11.6. The van der Waals surface area contributed by atoms with E-state index >= 15 is 0 Å². The van der Waals surface area contributed by atoms with Crippen molar-refractivity contribution in [2.24, 2.45) is 11.7 Å². The predicted molar refractivity (Wildman–Crippen MR) is 185 cm³/mol. The van der Waals surface area contributed by atoms with Gasteiger partial charge in [-0.2, -0.15) is 0 Å². The molecule has 0 saturated carbocycles. The number of aromatic nitrogens is 1. The fraction of sp³-hybridized carbons (Fsp3) is 0.514. The van der Waals surface area contributed by atoms with Gasteiger partial charge in [-0.05, 0) is 126 Å². The first-order valence-electron chi connectivity index (χ1n) is 16.0. The van der Waals surface area contributed by atoms with Gasteiger partial charge in [0.2, 0.25) is 0 Å². The third kappa shape index (κ3) is 8.16. The minimum Gasteiger partial charge on any atom is -0.488 e. The Morgan fingerprint density at radius 2 is 1.73 bits per heavy atom. The van der Waals surface area contributed by atoms with E-state index in [1.54, 1.807) is 12.3 Å². The number of carboxylic acid groups (broad SMARTS) is 1. The van der Waals surface area contributed by atoms with Crippen LogP contribution in [0.15, 0.2) is 47.1 Å². The number of aryl methyl sites for hydroxylation is 2. The van der Waals surface area contributed by atoms with Crippen LogP contribution in [-0.4, -0.2) is 70.7 Å². The quantitative estimate of drug-likeness (QED) is 0.199. The fourth-order valence-corrected chi connectivity index (χ4v) is 7.23. The van der Waals surface area contributed by atoms with Crippen LogP contribution in [0.4, 0.5) is 0 Å². The van der Waals surface area contributed by atoms with E-state index in [0.29, 0.717) is 18.4 Å². The average Bonchev–Trinajstić information content (AvgIpc) is 3.63. The zero-order valence-electron chi connectivity index (χ0n) is 26.4. The molecule has 3 saturated heterocycles. The largest absolute Gasteiger partial charge is 0.488 e. The van der Waals surface area contributed by atoms with Crippen LogP contribution in [0.3, 0.4) is 0 Å². The Kier molecular flexibility index (Phi) is 12.2. The Labute approximate surface area is 278 Å². The summed E-state index contributed by atoms with van der Waals surface area (Å²) in [5.74, 6) is 0.585. The van der Waals surface area contributed by atoms with Gasteiger partial charge in [0.1, 0.15) is 23.6 Å². The second kappa shape index (κ2) is 15.7. The number of furan rings is 1. The van der Waals surface area contributed by atoms with Gasteiger partial charge in [-0.25, -0.2) is 4.79 Å². The zero-order valence-corrected chi connectivity index (χ0v) is 28.1. The molecule has 0 amide bonds. The molecule has 8 nitrogen and oxygen atoms in total. The molecule has 3 fully saturated rings. The first-order valence-corrected chi connectivity index (χ1v) is 16.0. The average molecular weight is 660 g/mol. The van der Waals surface area contributed by atoms with Gasteiger partial charge in [-0.1, -0.05) is 12.5 Å². The molecule has 0 spiro atoms. The molecule has 7 rings (SSSR count). The molecule has 10 heteroatoms. The second-order valence-electron chi connectivity index (χ2n) is 12.8. The van der Waals surface area contributed by atoms with E-state index in [2.05, 4.69) is 34.7 Å². The summed E-state index contributed by atoms with van der Waals surface area (Å²) in [6.07, 6.45) is 11.4. The second-order valence-corrected chi connectivity index (χ2v) is 12.8. The van der Waals surface area contributed by atoms with Gasteiger partial charge < -0.3 is 34.8 Å². The van der Waals surface area contributed by atoms with Gasteiger partial charge in [0.25, 0.3) is 0 Å². The van der Waals surface area contributed by atoms with Crippen molar-refractivity contribution in [2.75, 3.05) is 32.7 Å². The van der Waals surface area contributed by atoms with Crippen LogP contribution in [0.25, 0.3) is 21.9 Å². The van der Waals surface area contributed by atoms with Crippen molar-refractivity contribution >= 4 is 52.7 Å². The van der Waals surface area contributed by atoms with Crippen LogP contribution in [0.2, 0.25) is 0 Å². The highest BCUT2D eigenvalue weighted by Gasteiger charge is 2.34. The molecule has 5 heterocycles. The van der Waals surface area contributed by atoms with E-state index < -0.39 is 5.97 Å². The SMILES string of the molecule is Cc1cc2occ(COc3cccc4[nH]c(C(=O)O)cc34)c2cc1C.Cl.Cl.NC1CCN(C[C@@H]2CCCN3CCCC[C@H]23)CC1. The summed E-state index contributed by atoms with van der Waals surface area (Å²) in [6, 6.07) is 12.6. The van der Waals surface area contributed by atoms with Crippen LogP contribution < -0.4 is 10.5 Å². The summed E-state index contributed by atoms with van der Waals surface area (Å²) in [4.78, 5) is 19.5. The maximum absolute atomic E-state index is 11.1. The van der Waals surface area contributed by atoms with Gasteiger partial charge in [0, 0.05) is 40.5 Å². The fourth-order valence-electron chi connectivity index (χ4n) is 7.23. The van der Waals surface area contributed by atoms with Crippen molar-refractivity contribution in [1.82, 2.24) is 14.8 Å². The number of likely N-dealkylation sites (tertiary alicyclic amines) is 1. The Morgan fingerprint density at radius 1 is 0.978 bits per heavy atom. The molecule has 45 heavy (non-hydrogen) atoms. The standard InChI is InChI=1S/C20H17NO4.C15H29N3.2ClH/c1-11-6-14-13(10-25-19(14)7-12(11)2)9-24-18-5-3-4-16-15(18)8-17(21-16)20(22)23;16-14-6-10-17(11-7-14)12-13-4-3-9-18-8-2-1-5-15(13)18;;/h3-8,10,21H,9H2,1-2H3,(H,22,23);13-15H,1-12,16H2;2*1H/t;13-,15+;;/m.0../s1. The molecule has 0 unspecified atom stereocenters. The number of rotatable bonds is 6. The maximum Gasteiger partial charge on any atom is 0.352 e. The number of aromatic amines is 1. The van der Waals surface area contributed by atoms with E-state index in [-0.39, 0.29) is 30.5 Å². The monoisotopic (exact) mass is 658 g/mol. The van der Waals surface area contributed by atoms with Gasteiger partial charge in [-0.15, -0.1) is 24.8 Å². The predicted octanol–water partition coefficient (Wildman–Crippen LogP) is 7.33. The number of hydrogen-bond donors (Lipinski definition) is 3. The molecule has 3 aliphatic rings. The summed E-state index contributed by atoms with van der Waals surface area (Å²) in [7, 11) is 0. The first-order chi connectivity index (χ1) is 20.9. The molecule has 2 aromatic carbocycles. The number of H-pyrrole nitrogens is 1. The number of ether oxygens (including phenoxy) is 1. The third-order valence-electron chi connectivity index (χ3n) is 9.86. The van der Waals surface area contributed by atoms with Crippen molar-refractivity contribution in [3.05, 3.63) is 65.0 Å². The van der Waals surface area contributed by atoms with Crippen LogP contribution in [0, 0.1) is 19.8 Å². The topological polar surface area (TPSA) is 108 Å². The highest BCUT2D eigenvalue weighted by Crippen LogP contribution is 2.32. The Morgan fingerprint density at radius 3 is 2.51 bits per heavy atom. The lowest BCUT2D eigenvalue weighted by molar-refractivity contribution is 0.0361. The number of carboxylic acids is 1. The summed E-state index contributed by atoms with van der Waals surface area (Å²) >= 11 is 0. The molecular formula is C35H48Cl2N4O4. The minimum absolute atomic E-state index is 0. The molecule has 4 aromatic rings. The number of aromatic carboxylic acids is 1. The molecule has 2 aromatic heterocycles. The van der Waals surface area contributed by atoms with E-state index in [4.69, 9.17) is 20.0 Å². The van der Waals surface area contributed by atoms with Gasteiger partial charge in [-0.3, -0.25) is 0 Å².